The second-order valence-corrected chi connectivity index (χ2v) is 16.5. The zero-order valence-corrected chi connectivity index (χ0v) is 34.8. The molecule has 3 atom stereocenters. The third-order valence-electron chi connectivity index (χ3n) is 9.20. The first kappa shape index (κ1) is 48.0. The van der Waals surface area contributed by atoms with E-state index in [1.807, 2.05) is 87.9 Å². The molecule has 0 bridgehead atoms. The van der Waals surface area contributed by atoms with Gasteiger partial charge in [-0.3, -0.25) is 14.2 Å². The Balaban J connectivity index is 1.91. The molecule has 0 saturated heterocycles. The fraction of sp³-hybridized carbons (Fsp3) is 0.556. The number of carbonyl (C=O) groups is 2. The number of aliphatic hydroxyl groups is 1. The van der Waals surface area contributed by atoms with Crippen LogP contribution in [-0.4, -0.2) is 74.5 Å². The fourth-order valence-electron chi connectivity index (χ4n) is 6.00. The summed E-state index contributed by atoms with van der Waals surface area (Å²) in [5.74, 6) is -1.23. The molecule has 0 aromatic heterocycles. The van der Waals surface area contributed by atoms with Crippen molar-refractivity contribution < 1.29 is 42.4 Å². The van der Waals surface area contributed by atoms with E-state index in [1.165, 1.54) is 51.4 Å². The standard InChI is InChI=1S/C45H68NO8P/c1-5-6-7-8-9-10-11-12-13-14-15-18-27-34-42(48)45(54-55(50,51)52-37-36-46(2,3)4)43(38-47)53-44(49)35-28-19-16-17-26-33-41(39-29-22-20-23-30-39)40-31-24-21-25-32-40/h16-17,19-26,29-33,43,45,47H,5-15,18,27-28,34-38H2,1-4H3/t43-,45?/m0/s1. The van der Waals surface area contributed by atoms with Crippen LogP contribution in [0.3, 0.4) is 0 Å². The van der Waals surface area contributed by atoms with Crippen LogP contribution in [0.1, 0.15) is 121 Å². The minimum absolute atomic E-state index is 0.0368. The van der Waals surface area contributed by atoms with Crippen LogP contribution in [0.25, 0.3) is 5.57 Å². The lowest BCUT2D eigenvalue weighted by atomic mass is 9.97. The highest BCUT2D eigenvalue weighted by molar-refractivity contribution is 7.45. The van der Waals surface area contributed by atoms with E-state index in [0.29, 0.717) is 23.9 Å². The number of rotatable bonds is 31. The Kier molecular flexibility index (Phi) is 24.7. The van der Waals surface area contributed by atoms with Crippen LogP contribution < -0.4 is 4.89 Å². The molecule has 0 saturated carbocycles. The largest absolute Gasteiger partial charge is 0.756 e. The third kappa shape index (κ3) is 22.8. The van der Waals surface area contributed by atoms with Gasteiger partial charge in [0, 0.05) is 12.8 Å². The summed E-state index contributed by atoms with van der Waals surface area (Å²) in [6, 6.07) is 20.2. The molecule has 0 aliphatic heterocycles. The van der Waals surface area contributed by atoms with Crippen LogP contribution >= 0.6 is 7.82 Å². The molecule has 0 fully saturated rings. The van der Waals surface area contributed by atoms with Gasteiger partial charge in [-0.1, -0.05) is 175 Å². The number of ether oxygens (including phenoxy) is 1. The van der Waals surface area contributed by atoms with Gasteiger partial charge in [0.05, 0.1) is 27.7 Å². The number of hydrogen-bond acceptors (Lipinski definition) is 8. The molecule has 10 heteroatoms. The van der Waals surface area contributed by atoms with Crippen molar-refractivity contribution in [2.75, 3.05) is 40.9 Å². The maximum absolute atomic E-state index is 13.4. The van der Waals surface area contributed by atoms with Crippen molar-refractivity contribution >= 4 is 25.1 Å². The number of aliphatic hydroxyl groups excluding tert-OH is 1. The van der Waals surface area contributed by atoms with Gasteiger partial charge in [0.1, 0.15) is 13.2 Å². The molecule has 0 radical (unpaired) electrons. The lowest BCUT2D eigenvalue weighted by Gasteiger charge is -2.32. The maximum atomic E-state index is 13.4. The second kappa shape index (κ2) is 28.3. The Bertz CT molecular complexity index is 1430. The molecule has 0 aliphatic carbocycles. The number of allylic oxidation sites excluding steroid dienone is 5. The summed E-state index contributed by atoms with van der Waals surface area (Å²) >= 11 is 0. The molecule has 0 aliphatic rings. The number of esters is 1. The number of ketones is 1. The van der Waals surface area contributed by atoms with E-state index in [0.717, 1.165) is 42.4 Å². The van der Waals surface area contributed by atoms with Crippen molar-refractivity contribution in [3.63, 3.8) is 0 Å². The van der Waals surface area contributed by atoms with Gasteiger partial charge >= 0.3 is 5.97 Å². The highest BCUT2D eigenvalue weighted by Crippen LogP contribution is 2.41. The average Bonchev–Trinajstić information content (AvgIpc) is 3.16. The molecule has 306 valence electrons. The quantitative estimate of drug-likeness (QED) is 0.0264. The maximum Gasteiger partial charge on any atom is 0.306 e. The number of Topliss-reactive ketones (excluding diaryl/α,β-unsaturated/α-hetero) is 1. The van der Waals surface area contributed by atoms with Crippen LogP contribution in [-0.2, 0) is 27.9 Å². The van der Waals surface area contributed by atoms with Crippen LogP contribution in [0.4, 0.5) is 0 Å². The summed E-state index contributed by atoms with van der Waals surface area (Å²) in [5, 5.41) is 10.2. The van der Waals surface area contributed by atoms with Crippen LogP contribution in [0.5, 0.6) is 0 Å². The van der Waals surface area contributed by atoms with E-state index in [2.05, 4.69) is 31.2 Å². The zero-order valence-electron chi connectivity index (χ0n) is 33.9. The fourth-order valence-corrected chi connectivity index (χ4v) is 6.90. The molecular weight excluding hydrogens is 713 g/mol. The highest BCUT2D eigenvalue weighted by Gasteiger charge is 2.35. The molecule has 0 spiro atoms. The van der Waals surface area contributed by atoms with Crippen molar-refractivity contribution in [2.24, 2.45) is 0 Å². The summed E-state index contributed by atoms with van der Waals surface area (Å²) in [6.07, 6.45) is 21.5. The summed E-state index contributed by atoms with van der Waals surface area (Å²) in [7, 11) is 0.704. The van der Waals surface area contributed by atoms with E-state index in [-0.39, 0.29) is 19.4 Å². The van der Waals surface area contributed by atoms with Gasteiger partial charge < -0.3 is 28.3 Å². The van der Waals surface area contributed by atoms with Crippen molar-refractivity contribution in [1.82, 2.24) is 0 Å². The predicted octanol–water partition coefficient (Wildman–Crippen LogP) is 9.54. The van der Waals surface area contributed by atoms with Crippen molar-refractivity contribution in [3.8, 4) is 0 Å². The molecule has 1 N–H and O–H groups in total. The number of likely N-dealkylation sites (N-methyl/N-ethyl adjacent to an activating group) is 1. The molecule has 2 aromatic rings. The number of phosphoric ester groups is 1. The summed E-state index contributed by atoms with van der Waals surface area (Å²) < 4.78 is 29.0. The Morgan fingerprint density at radius 3 is 1.80 bits per heavy atom. The van der Waals surface area contributed by atoms with Gasteiger partial charge in [0.2, 0.25) is 0 Å². The Hall–Kier alpha value is -3.17. The van der Waals surface area contributed by atoms with Crippen LogP contribution in [0.2, 0.25) is 0 Å². The molecule has 2 rings (SSSR count). The van der Waals surface area contributed by atoms with Crippen molar-refractivity contribution in [3.05, 3.63) is 102 Å². The normalized spacial score (nSPS) is 14.1. The van der Waals surface area contributed by atoms with Gasteiger partial charge in [-0.05, 0) is 29.5 Å². The predicted molar refractivity (Wildman–Crippen MR) is 221 cm³/mol. The summed E-state index contributed by atoms with van der Waals surface area (Å²) in [6.45, 7) is 1.68. The molecular formula is C45H68NO8P. The number of phosphoric acid groups is 1. The van der Waals surface area contributed by atoms with Gasteiger partial charge in [-0.25, -0.2) is 0 Å². The SMILES string of the molecule is CCCCCCCCCCCCCCCC(=O)C(OP(=O)([O-])OCC[N+](C)(C)C)[C@H](CO)OC(=O)CCC=CC=CC=C(c1ccccc1)c1ccccc1. The number of hydrogen-bond donors (Lipinski definition) is 1. The van der Waals surface area contributed by atoms with E-state index in [1.54, 1.807) is 0 Å². The van der Waals surface area contributed by atoms with Crippen LogP contribution in [0, 0.1) is 0 Å². The van der Waals surface area contributed by atoms with E-state index in [4.69, 9.17) is 13.8 Å². The Labute approximate surface area is 331 Å². The lowest BCUT2D eigenvalue weighted by molar-refractivity contribution is -0.870. The van der Waals surface area contributed by atoms with Crippen molar-refractivity contribution in [1.29, 1.82) is 0 Å². The monoisotopic (exact) mass is 781 g/mol. The van der Waals surface area contributed by atoms with E-state index >= 15 is 0 Å². The lowest BCUT2D eigenvalue weighted by Crippen LogP contribution is -2.43. The molecule has 0 amide bonds. The molecule has 2 unspecified atom stereocenters. The van der Waals surface area contributed by atoms with Gasteiger partial charge in [0.15, 0.2) is 18.0 Å². The van der Waals surface area contributed by atoms with Crippen LogP contribution in [0.15, 0.2) is 91.0 Å². The first-order chi connectivity index (χ1) is 26.5. The number of benzene rings is 2. The Morgan fingerprint density at radius 2 is 1.29 bits per heavy atom. The number of nitrogens with zero attached hydrogens (tertiary/aromatic N) is 1. The van der Waals surface area contributed by atoms with Crippen molar-refractivity contribution in [2.45, 2.75) is 122 Å². The number of unbranched alkanes of at least 4 members (excludes halogenated alkanes) is 12. The molecule has 9 nitrogen and oxygen atoms in total. The minimum atomic E-state index is -4.96. The average molecular weight is 782 g/mol. The van der Waals surface area contributed by atoms with E-state index in [9.17, 15) is 24.2 Å². The minimum Gasteiger partial charge on any atom is -0.756 e. The molecule has 2 aromatic carbocycles. The molecule has 0 heterocycles. The summed E-state index contributed by atoms with van der Waals surface area (Å²) in [5.41, 5.74) is 3.27. The first-order valence-corrected chi connectivity index (χ1v) is 21.8. The zero-order chi connectivity index (χ0) is 40.2. The third-order valence-corrected chi connectivity index (χ3v) is 10.2. The highest BCUT2D eigenvalue weighted by atomic mass is 31.2. The van der Waals surface area contributed by atoms with E-state index < -0.39 is 38.4 Å². The topological polar surface area (TPSA) is 122 Å². The Morgan fingerprint density at radius 1 is 0.764 bits per heavy atom. The summed E-state index contributed by atoms with van der Waals surface area (Å²) in [4.78, 5) is 39.0. The number of carbonyl (C=O) groups excluding carboxylic acids is 2. The van der Waals surface area contributed by atoms with Gasteiger partial charge in [-0.15, -0.1) is 0 Å². The van der Waals surface area contributed by atoms with Gasteiger partial charge in [-0.2, -0.15) is 0 Å². The van der Waals surface area contributed by atoms with Gasteiger partial charge in [0.25, 0.3) is 7.82 Å². The number of quaternary nitrogens is 1. The first-order valence-electron chi connectivity index (χ1n) is 20.4. The molecule has 55 heavy (non-hydrogen) atoms. The second-order valence-electron chi connectivity index (χ2n) is 15.2. The smallest absolute Gasteiger partial charge is 0.306 e.